The molecule has 0 aliphatic rings. The fourth-order valence-corrected chi connectivity index (χ4v) is 0.341. The van der Waals surface area contributed by atoms with Crippen molar-refractivity contribution in [1.82, 2.24) is 4.89 Å². The van der Waals surface area contributed by atoms with Crippen LogP contribution >= 0.6 is 0 Å². The van der Waals surface area contributed by atoms with Crippen molar-refractivity contribution in [2.75, 3.05) is 6.61 Å². The van der Waals surface area contributed by atoms with E-state index >= 15 is 0 Å². The van der Waals surface area contributed by atoms with Crippen molar-refractivity contribution in [3.8, 4) is 11.8 Å². The van der Waals surface area contributed by atoms with Crippen LogP contribution in [0.25, 0.3) is 0 Å². The molecule has 0 amide bonds. The number of nitrogens with one attached hydrogen (secondary N) is 1. The quantitative estimate of drug-likeness (QED) is 0.250. The first-order valence-electron chi connectivity index (χ1n) is 2.13. The summed E-state index contributed by atoms with van der Waals surface area (Å²) < 4.78 is 19.4. The molecule has 0 radical (unpaired) electrons. The summed E-state index contributed by atoms with van der Waals surface area (Å²) in [5.41, 5.74) is 0. The van der Waals surface area contributed by atoms with E-state index in [0.717, 1.165) is 0 Å². The lowest BCUT2D eigenvalue weighted by atomic mass is 10.6. The van der Waals surface area contributed by atoms with Crippen molar-refractivity contribution in [2.24, 2.45) is 0 Å². The van der Waals surface area contributed by atoms with Gasteiger partial charge >= 0.3 is 0 Å². The Balaban J connectivity index is 3.07. The van der Waals surface area contributed by atoms with E-state index in [4.69, 9.17) is 0 Å². The Bertz CT molecular complexity index is 148. The van der Waals surface area contributed by atoms with E-state index in [0.29, 0.717) is 0 Å². The van der Waals surface area contributed by atoms with Crippen LogP contribution in [-0.2, 0) is 16.1 Å². The van der Waals surface area contributed by atoms with Gasteiger partial charge in [-0.2, -0.15) is 0 Å². The molecule has 0 bridgehead atoms. The first-order valence-corrected chi connectivity index (χ1v) is 3.21. The zero-order valence-electron chi connectivity index (χ0n) is 4.84. The van der Waals surface area contributed by atoms with Gasteiger partial charge in [0, 0.05) is 11.3 Å². The van der Waals surface area contributed by atoms with Crippen molar-refractivity contribution in [3.63, 3.8) is 0 Å². The Morgan fingerprint density at radius 1 is 1.89 bits per heavy atom. The number of hydrogen-bond donors (Lipinski definition) is 1. The topological polar surface area (TPSA) is 61.4 Å². The maximum Gasteiger partial charge on any atom is 0.130 e. The summed E-state index contributed by atoms with van der Waals surface area (Å²) >= 11 is -2.36. The van der Waals surface area contributed by atoms with Gasteiger partial charge in [0.05, 0.1) is 0 Å². The second-order valence-electron chi connectivity index (χ2n) is 1.03. The Morgan fingerprint density at radius 3 is 3.00 bits per heavy atom. The van der Waals surface area contributed by atoms with Gasteiger partial charge < -0.3 is 4.55 Å². The molecule has 0 saturated carbocycles. The molecule has 0 aromatic carbocycles. The van der Waals surface area contributed by atoms with Gasteiger partial charge in [0.2, 0.25) is 0 Å². The molecule has 0 aromatic rings. The molecule has 0 aliphatic heterocycles. The molecule has 0 aliphatic carbocycles. The molecular formula is C4H6NO3S-. The molecule has 9 heavy (non-hydrogen) atoms. The highest BCUT2D eigenvalue weighted by atomic mass is 32.2. The van der Waals surface area contributed by atoms with Gasteiger partial charge in [-0.05, 0) is 6.92 Å². The molecule has 0 heterocycles. The summed E-state index contributed by atoms with van der Waals surface area (Å²) in [5.74, 6) is 5.02. The van der Waals surface area contributed by atoms with Gasteiger partial charge in [-0.3, -0.25) is 9.05 Å². The predicted octanol–water partition coefficient (Wildman–Crippen LogP) is -0.675. The molecule has 4 nitrogen and oxygen atoms in total. The van der Waals surface area contributed by atoms with E-state index in [1.165, 1.54) is 0 Å². The van der Waals surface area contributed by atoms with Crippen molar-refractivity contribution in [1.29, 1.82) is 0 Å². The highest BCUT2D eigenvalue weighted by Gasteiger charge is 1.77. The van der Waals surface area contributed by atoms with Crippen LogP contribution in [-0.4, -0.2) is 15.4 Å². The highest BCUT2D eigenvalue weighted by Crippen LogP contribution is 1.66. The van der Waals surface area contributed by atoms with Gasteiger partial charge in [-0.25, -0.2) is 0 Å². The first-order chi connectivity index (χ1) is 4.27. The largest absolute Gasteiger partial charge is 0.758 e. The summed E-state index contributed by atoms with van der Waals surface area (Å²) in [6.07, 6.45) is 0. The second-order valence-corrected chi connectivity index (χ2v) is 1.67. The van der Waals surface area contributed by atoms with Crippen LogP contribution in [0.3, 0.4) is 0 Å². The average molecular weight is 148 g/mol. The van der Waals surface area contributed by atoms with E-state index in [-0.39, 0.29) is 6.61 Å². The molecule has 1 unspecified atom stereocenters. The van der Waals surface area contributed by atoms with Crippen LogP contribution < -0.4 is 4.89 Å². The summed E-state index contributed by atoms with van der Waals surface area (Å²) in [5, 5.41) is 0. The van der Waals surface area contributed by atoms with Crippen LogP contribution in [0.15, 0.2) is 0 Å². The summed E-state index contributed by atoms with van der Waals surface area (Å²) in [7, 11) is 0. The molecule has 1 atom stereocenters. The maximum atomic E-state index is 9.68. The molecule has 0 fully saturated rings. The maximum absolute atomic E-state index is 9.68. The van der Waals surface area contributed by atoms with Gasteiger partial charge in [-0.15, -0.1) is 10.8 Å². The van der Waals surface area contributed by atoms with Gasteiger partial charge in [0.15, 0.2) is 0 Å². The Hall–Kier alpha value is -0.410. The van der Waals surface area contributed by atoms with Crippen molar-refractivity contribution < 1.29 is 13.6 Å². The van der Waals surface area contributed by atoms with Crippen LogP contribution in [0.1, 0.15) is 6.92 Å². The van der Waals surface area contributed by atoms with Crippen LogP contribution in [0, 0.1) is 11.8 Å². The molecular weight excluding hydrogens is 142 g/mol. The van der Waals surface area contributed by atoms with Crippen molar-refractivity contribution >= 4 is 11.3 Å². The first kappa shape index (κ1) is 8.59. The van der Waals surface area contributed by atoms with E-state index < -0.39 is 11.3 Å². The molecule has 0 rings (SSSR count). The third kappa shape index (κ3) is 7.59. The van der Waals surface area contributed by atoms with Crippen molar-refractivity contribution in [3.05, 3.63) is 0 Å². The van der Waals surface area contributed by atoms with E-state index in [1.807, 2.05) is 0 Å². The summed E-state index contributed by atoms with van der Waals surface area (Å²) in [6, 6.07) is 0. The van der Waals surface area contributed by atoms with E-state index in [2.05, 4.69) is 16.7 Å². The van der Waals surface area contributed by atoms with Crippen LogP contribution in [0.4, 0.5) is 0 Å². The minimum absolute atomic E-state index is 0.0739. The molecule has 0 saturated heterocycles. The van der Waals surface area contributed by atoms with E-state index in [1.54, 1.807) is 11.8 Å². The minimum Gasteiger partial charge on any atom is -0.758 e. The van der Waals surface area contributed by atoms with E-state index in [9.17, 15) is 8.76 Å². The Kier molecular flexibility index (Phi) is 5.46. The summed E-state index contributed by atoms with van der Waals surface area (Å²) in [4.78, 5) is 5.99. The lowest BCUT2D eigenvalue weighted by molar-refractivity contribution is 0.121. The molecule has 52 valence electrons. The molecule has 0 aromatic heterocycles. The zero-order chi connectivity index (χ0) is 7.11. The highest BCUT2D eigenvalue weighted by molar-refractivity contribution is 7.76. The van der Waals surface area contributed by atoms with Crippen LogP contribution in [0.2, 0.25) is 0 Å². The normalized spacial score (nSPS) is 11.8. The fourth-order valence-electron chi connectivity index (χ4n) is 0.186. The second kappa shape index (κ2) is 5.72. The third-order valence-electron chi connectivity index (χ3n) is 0.448. The Labute approximate surface area is 56.0 Å². The number of rotatable bonds is 3. The SMILES string of the molecule is CC#CCONS(=O)[O-]. The monoisotopic (exact) mass is 148 g/mol. The zero-order valence-corrected chi connectivity index (χ0v) is 5.66. The fraction of sp³-hybridized carbons (Fsp3) is 0.500. The lowest BCUT2D eigenvalue weighted by Gasteiger charge is -2.03. The molecule has 1 N–H and O–H groups in total. The number of hydrogen-bond acceptors (Lipinski definition) is 3. The minimum atomic E-state index is -2.36. The molecule has 5 heteroatoms. The third-order valence-corrected chi connectivity index (χ3v) is 0.702. The van der Waals surface area contributed by atoms with Gasteiger partial charge in [0.1, 0.15) is 6.61 Å². The molecule has 0 spiro atoms. The van der Waals surface area contributed by atoms with Crippen molar-refractivity contribution in [2.45, 2.75) is 6.92 Å². The smallest absolute Gasteiger partial charge is 0.130 e. The standard InChI is InChI=1S/C4H7NO3S/c1-2-3-4-8-5-9(6)7/h5H,4H2,1H3,(H,6,7)/p-1. The van der Waals surface area contributed by atoms with Gasteiger partial charge in [-0.1, -0.05) is 5.92 Å². The predicted molar refractivity (Wildman–Crippen MR) is 31.5 cm³/mol. The summed E-state index contributed by atoms with van der Waals surface area (Å²) in [6.45, 7) is 1.71. The van der Waals surface area contributed by atoms with Crippen LogP contribution in [0.5, 0.6) is 0 Å². The lowest BCUT2D eigenvalue weighted by Crippen LogP contribution is -2.16. The van der Waals surface area contributed by atoms with Gasteiger partial charge in [0.25, 0.3) is 0 Å². The average Bonchev–Trinajstić information content (AvgIpc) is 1.80. The Morgan fingerprint density at radius 2 is 2.56 bits per heavy atom.